The molecule has 38 heavy (non-hydrogen) atoms. The minimum atomic E-state index is -0.476. The molecule has 1 unspecified atom stereocenters. The lowest BCUT2D eigenvalue weighted by Crippen LogP contribution is -2.40. The maximum absolute atomic E-state index is 15.0. The molecule has 1 amide bonds. The Morgan fingerprint density at radius 1 is 1.24 bits per heavy atom. The summed E-state index contributed by atoms with van der Waals surface area (Å²) in [5, 5.41) is 3.36. The van der Waals surface area contributed by atoms with Crippen LogP contribution in [-0.2, 0) is 17.8 Å². The van der Waals surface area contributed by atoms with Gasteiger partial charge in [0.15, 0.2) is 0 Å². The van der Waals surface area contributed by atoms with Crippen molar-refractivity contribution in [3.05, 3.63) is 64.3 Å². The lowest BCUT2D eigenvalue weighted by molar-refractivity contribution is -0.120. The second kappa shape index (κ2) is 10.7. The number of rotatable bonds is 8. The fraction of sp³-hybridized carbons (Fsp3) is 0.357. The van der Waals surface area contributed by atoms with Gasteiger partial charge in [-0.25, -0.2) is 14.4 Å². The number of carbonyl (C=O) groups excluding carboxylic acids is 1. The topological polar surface area (TPSA) is 122 Å². The molecule has 1 atom stereocenters. The molecule has 4 heterocycles. The van der Waals surface area contributed by atoms with E-state index < -0.39 is 5.82 Å². The summed E-state index contributed by atoms with van der Waals surface area (Å²) < 4.78 is 16.8. The Morgan fingerprint density at radius 3 is 2.79 bits per heavy atom. The fourth-order valence-corrected chi connectivity index (χ4v) is 5.30. The third-order valence-electron chi connectivity index (χ3n) is 7.34. The van der Waals surface area contributed by atoms with Crippen LogP contribution in [0.15, 0.2) is 47.5 Å². The van der Waals surface area contributed by atoms with Crippen LogP contribution in [0.25, 0.3) is 33.7 Å². The van der Waals surface area contributed by atoms with Gasteiger partial charge < -0.3 is 20.6 Å². The number of amides is 1. The van der Waals surface area contributed by atoms with E-state index in [9.17, 15) is 9.59 Å². The van der Waals surface area contributed by atoms with Gasteiger partial charge in [-0.3, -0.25) is 14.5 Å². The quantitative estimate of drug-likeness (QED) is 0.330. The standard InChI is InChI=1S/C28H32FN7O2/c1-3-35-13-5-6-19(35)16-33-23(37)15-17-7-8-18(14-21(17)29)22-10-9-20-25(38)24(27-31-11-12-32-27)26(30)36(4-2)28(20)34-22/h7-12,14,19H,3-6,13,15-16,30H2,1-2H3,(H,31,32)(H,33,37). The molecule has 1 saturated heterocycles. The number of fused-ring (bicyclic) bond motifs is 1. The number of hydrogen-bond donors (Lipinski definition) is 3. The van der Waals surface area contributed by atoms with Gasteiger partial charge >= 0.3 is 0 Å². The lowest BCUT2D eigenvalue weighted by atomic mass is 10.0. The van der Waals surface area contributed by atoms with Crippen LogP contribution in [-0.4, -0.2) is 56.0 Å². The van der Waals surface area contributed by atoms with Crippen LogP contribution in [0, 0.1) is 5.82 Å². The summed E-state index contributed by atoms with van der Waals surface area (Å²) in [4.78, 5) is 39.9. The zero-order chi connectivity index (χ0) is 26.8. The van der Waals surface area contributed by atoms with Crippen molar-refractivity contribution < 1.29 is 9.18 Å². The highest BCUT2D eigenvalue weighted by atomic mass is 19.1. The van der Waals surface area contributed by atoms with Crippen LogP contribution >= 0.6 is 0 Å². The molecule has 0 aliphatic carbocycles. The van der Waals surface area contributed by atoms with Gasteiger partial charge in [0.1, 0.15) is 28.7 Å². The molecule has 1 fully saturated rings. The van der Waals surface area contributed by atoms with E-state index in [1.54, 1.807) is 41.2 Å². The first kappa shape index (κ1) is 25.6. The number of likely N-dealkylation sites (N-methyl/N-ethyl adjacent to an activating group) is 1. The maximum Gasteiger partial charge on any atom is 0.224 e. The smallest absolute Gasteiger partial charge is 0.224 e. The van der Waals surface area contributed by atoms with Crippen molar-refractivity contribution >= 4 is 22.8 Å². The highest BCUT2D eigenvalue weighted by molar-refractivity contribution is 5.87. The molecular formula is C28H32FN7O2. The summed E-state index contributed by atoms with van der Waals surface area (Å²) in [6, 6.07) is 8.45. The van der Waals surface area contributed by atoms with Crippen LogP contribution in [0.2, 0.25) is 0 Å². The minimum absolute atomic E-state index is 0.0302. The van der Waals surface area contributed by atoms with Crippen molar-refractivity contribution in [2.75, 3.05) is 25.4 Å². The Kier molecular flexibility index (Phi) is 7.24. The van der Waals surface area contributed by atoms with Crippen LogP contribution < -0.4 is 16.5 Å². The summed E-state index contributed by atoms with van der Waals surface area (Å²) in [6.07, 6.45) is 5.37. The Labute approximate surface area is 219 Å². The number of nitrogens with one attached hydrogen (secondary N) is 2. The number of H-pyrrole nitrogens is 1. The molecule has 0 spiro atoms. The number of anilines is 1. The Morgan fingerprint density at radius 2 is 2.08 bits per heavy atom. The van der Waals surface area contributed by atoms with E-state index >= 15 is 4.39 Å². The SMILES string of the molecule is CCN1CCCC1CNC(=O)Cc1ccc(-c2ccc3c(=O)c(-c4ncc[nH]4)c(N)n(CC)c3n2)cc1F. The van der Waals surface area contributed by atoms with Crippen LogP contribution in [0.3, 0.4) is 0 Å². The molecule has 9 nitrogen and oxygen atoms in total. The molecule has 198 valence electrons. The van der Waals surface area contributed by atoms with E-state index in [1.807, 2.05) is 6.92 Å². The number of aromatic amines is 1. The zero-order valence-electron chi connectivity index (χ0n) is 21.6. The number of nitrogens with zero attached hydrogens (tertiary/aromatic N) is 4. The number of carbonyl (C=O) groups is 1. The van der Waals surface area contributed by atoms with E-state index in [1.165, 1.54) is 6.07 Å². The average Bonchev–Trinajstić information content (AvgIpc) is 3.61. The minimum Gasteiger partial charge on any atom is -0.384 e. The molecule has 0 radical (unpaired) electrons. The molecule has 0 bridgehead atoms. The number of imidazole rings is 1. The van der Waals surface area contributed by atoms with Gasteiger partial charge in [0.2, 0.25) is 11.3 Å². The fourth-order valence-electron chi connectivity index (χ4n) is 5.30. The number of pyridine rings is 2. The third-order valence-corrected chi connectivity index (χ3v) is 7.34. The molecule has 0 saturated carbocycles. The van der Waals surface area contributed by atoms with E-state index in [0.717, 1.165) is 25.9 Å². The molecule has 4 N–H and O–H groups in total. The normalized spacial score (nSPS) is 15.8. The van der Waals surface area contributed by atoms with Gasteiger partial charge in [0, 0.05) is 37.1 Å². The van der Waals surface area contributed by atoms with E-state index in [-0.39, 0.29) is 23.6 Å². The number of hydrogen-bond acceptors (Lipinski definition) is 6. The van der Waals surface area contributed by atoms with Crippen molar-refractivity contribution in [1.82, 2.24) is 29.7 Å². The first-order chi connectivity index (χ1) is 18.4. The molecule has 3 aromatic heterocycles. The van der Waals surface area contributed by atoms with Crippen molar-refractivity contribution in [1.29, 1.82) is 0 Å². The van der Waals surface area contributed by atoms with Crippen LogP contribution in [0.4, 0.5) is 10.2 Å². The van der Waals surface area contributed by atoms with E-state index in [2.05, 4.69) is 32.1 Å². The van der Waals surface area contributed by atoms with Gasteiger partial charge in [-0.1, -0.05) is 19.1 Å². The lowest BCUT2D eigenvalue weighted by Gasteiger charge is -2.22. The molecule has 1 aromatic carbocycles. The second-order valence-electron chi connectivity index (χ2n) is 9.55. The van der Waals surface area contributed by atoms with Gasteiger partial charge in [-0.2, -0.15) is 0 Å². The largest absolute Gasteiger partial charge is 0.384 e. The van der Waals surface area contributed by atoms with Crippen molar-refractivity contribution in [2.24, 2.45) is 0 Å². The summed E-state index contributed by atoms with van der Waals surface area (Å²) in [6.45, 7) is 7.11. The average molecular weight is 518 g/mol. The van der Waals surface area contributed by atoms with E-state index in [4.69, 9.17) is 5.73 Å². The van der Waals surface area contributed by atoms with Crippen molar-refractivity contribution in [2.45, 2.75) is 45.7 Å². The molecule has 1 aliphatic heterocycles. The Bertz CT molecular complexity index is 1530. The monoisotopic (exact) mass is 517 g/mol. The number of benzene rings is 1. The molecule has 4 aromatic rings. The van der Waals surface area contributed by atoms with Gasteiger partial charge in [-0.05, 0) is 56.6 Å². The first-order valence-corrected chi connectivity index (χ1v) is 13.0. The molecular weight excluding hydrogens is 485 g/mol. The highest BCUT2D eigenvalue weighted by Gasteiger charge is 2.23. The second-order valence-corrected chi connectivity index (χ2v) is 9.55. The van der Waals surface area contributed by atoms with Crippen molar-refractivity contribution in [3.63, 3.8) is 0 Å². The summed E-state index contributed by atoms with van der Waals surface area (Å²) in [5.41, 5.74) is 8.18. The van der Waals surface area contributed by atoms with Crippen LogP contribution in [0.5, 0.6) is 0 Å². The number of nitrogens with two attached hydrogens (primary N) is 1. The van der Waals surface area contributed by atoms with Gasteiger partial charge in [0.05, 0.1) is 17.5 Å². The van der Waals surface area contributed by atoms with Gasteiger partial charge in [-0.15, -0.1) is 0 Å². The Balaban J connectivity index is 1.39. The summed E-state index contributed by atoms with van der Waals surface area (Å²) >= 11 is 0. The van der Waals surface area contributed by atoms with E-state index in [0.29, 0.717) is 58.4 Å². The number of halogens is 1. The maximum atomic E-state index is 15.0. The predicted molar refractivity (Wildman–Crippen MR) is 146 cm³/mol. The number of aromatic nitrogens is 4. The Hall–Kier alpha value is -4.05. The first-order valence-electron chi connectivity index (χ1n) is 13.0. The van der Waals surface area contributed by atoms with Crippen LogP contribution in [0.1, 0.15) is 32.3 Å². The third kappa shape index (κ3) is 4.79. The number of likely N-dealkylation sites (tertiary alicyclic amines) is 1. The predicted octanol–water partition coefficient (Wildman–Crippen LogP) is 3.34. The highest BCUT2D eigenvalue weighted by Crippen LogP contribution is 2.27. The zero-order valence-corrected chi connectivity index (χ0v) is 21.6. The number of nitrogen functional groups attached to an aromatic ring is 1. The molecule has 5 rings (SSSR count). The molecule has 1 aliphatic rings. The summed E-state index contributed by atoms with van der Waals surface area (Å²) in [7, 11) is 0. The number of aryl methyl sites for hydroxylation is 1. The van der Waals surface area contributed by atoms with Gasteiger partial charge in [0.25, 0.3) is 0 Å². The van der Waals surface area contributed by atoms with Crippen molar-refractivity contribution in [3.8, 4) is 22.6 Å². The molecule has 10 heteroatoms. The summed E-state index contributed by atoms with van der Waals surface area (Å²) in [5.74, 6) is -0.0144.